The molecule has 0 spiro atoms. The molecule has 0 aliphatic carbocycles. The fourth-order valence-corrected chi connectivity index (χ4v) is 3.70. The molecule has 0 saturated carbocycles. The number of hydrogen-bond acceptors (Lipinski definition) is 5. The SMILES string of the molecule is C[C@H](NC(=O)C1CCN(c2cc(Oc3ccccc3)ncn2)CC1)c1ccc(F)cc1. The van der Waals surface area contributed by atoms with Crippen molar-refractivity contribution in [3.8, 4) is 11.6 Å². The van der Waals surface area contributed by atoms with E-state index < -0.39 is 0 Å². The molecule has 3 aromatic rings. The highest BCUT2D eigenvalue weighted by molar-refractivity contribution is 5.79. The summed E-state index contributed by atoms with van der Waals surface area (Å²) in [5.74, 6) is 1.70. The first-order chi connectivity index (χ1) is 15.1. The number of carbonyl (C=O) groups excluding carboxylic acids is 1. The molecule has 1 aromatic heterocycles. The zero-order valence-electron chi connectivity index (χ0n) is 17.4. The third-order valence-corrected chi connectivity index (χ3v) is 5.51. The van der Waals surface area contributed by atoms with E-state index in [0.29, 0.717) is 5.88 Å². The number of aromatic nitrogens is 2. The number of amides is 1. The number of piperidine rings is 1. The Morgan fingerprint density at radius 3 is 2.52 bits per heavy atom. The fourth-order valence-electron chi connectivity index (χ4n) is 3.70. The summed E-state index contributed by atoms with van der Waals surface area (Å²) in [6, 6.07) is 17.4. The first kappa shape index (κ1) is 20.8. The Balaban J connectivity index is 1.31. The van der Waals surface area contributed by atoms with E-state index in [1.165, 1.54) is 18.5 Å². The second-order valence-corrected chi connectivity index (χ2v) is 7.67. The van der Waals surface area contributed by atoms with Crippen molar-refractivity contribution in [2.45, 2.75) is 25.8 Å². The summed E-state index contributed by atoms with van der Waals surface area (Å²) >= 11 is 0. The van der Waals surface area contributed by atoms with Crippen molar-refractivity contribution in [2.75, 3.05) is 18.0 Å². The number of para-hydroxylation sites is 1. The first-order valence-electron chi connectivity index (χ1n) is 10.4. The van der Waals surface area contributed by atoms with Gasteiger partial charge in [-0.2, -0.15) is 0 Å². The number of rotatable bonds is 6. The molecule has 1 aliphatic heterocycles. The van der Waals surface area contributed by atoms with Crippen LogP contribution in [0.2, 0.25) is 0 Å². The minimum Gasteiger partial charge on any atom is -0.439 e. The molecular weight excluding hydrogens is 395 g/mol. The number of nitrogens with one attached hydrogen (secondary N) is 1. The molecule has 2 aromatic carbocycles. The van der Waals surface area contributed by atoms with Crippen molar-refractivity contribution in [1.29, 1.82) is 0 Å². The largest absolute Gasteiger partial charge is 0.439 e. The summed E-state index contributed by atoms with van der Waals surface area (Å²) in [5.41, 5.74) is 0.888. The quantitative estimate of drug-likeness (QED) is 0.636. The van der Waals surface area contributed by atoms with Gasteiger partial charge in [-0.25, -0.2) is 14.4 Å². The maximum Gasteiger partial charge on any atom is 0.224 e. The van der Waals surface area contributed by atoms with E-state index in [4.69, 9.17) is 4.74 Å². The minimum absolute atomic E-state index is 0.0345. The van der Waals surface area contributed by atoms with Gasteiger partial charge in [0.2, 0.25) is 11.8 Å². The van der Waals surface area contributed by atoms with Crippen LogP contribution in [0.5, 0.6) is 11.6 Å². The van der Waals surface area contributed by atoms with E-state index in [1.54, 1.807) is 12.1 Å². The number of anilines is 1. The van der Waals surface area contributed by atoms with Gasteiger partial charge in [-0.1, -0.05) is 30.3 Å². The van der Waals surface area contributed by atoms with Crippen LogP contribution in [0.1, 0.15) is 31.4 Å². The molecular formula is C24H25FN4O2. The van der Waals surface area contributed by atoms with E-state index in [0.717, 1.165) is 43.1 Å². The number of carbonyl (C=O) groups is 1. The molecule has 160 valence electrons. The highest BCUT2D eigenvalue weighted by atomic mass is 19.1. The van der Waals surface area contributed by atoms with Crippen LogP contribution in [-0.4, -0.2) is 29.0 Å². The van der Waals surface area contributed by atoms with E-state index >= 15 is 0 Å². The van der Waals surface area contributed by atoms with Crippen LogP contribution in [0.25, 0.3) is 0 Å². The van der Waals surface area contributed by atoms with Gasteiger partial charge in [0.15, 0.2) is 0 Å². The summed E-state index contributed by atoms with van der Waals surface area (Å²) < 4.78 is 18.9. The van der Waals surface area contributed by atoms with Crippen molar-refractivity contribution < 1.29 is 13.9 Å². The lowest BCUT2D eigenvalue weighted by molar-refractivity contribution is -0.126. The predicted octanol–water partition coefficient (Wildman–Crippen LogP) is 4.50. The topological polar surface area (TPSA) is 67.4 Å². The van der Waals surface area contributed by atoms with Crippen LogP contribution >= 0.6 is 0 Å². The van der Waals surface area contributed by atoms with Crippen molar-refractivity contribution in [3.05, 3.63) is 78.4 Å². The molecule has 0 unspecified atom stereocenters. The molecule has 1 N–H and O–H groups in total. The van der Waals surface area contributed by atoms with Crippen molar-refractivity contribution >= 4 is 11.7 Å². The van der Waals surface area contributed by atoms with E-state index in [1.807, 2.05) is 43.3 Å². The standard InChI is InChI=1S/C24H25FN4O2/c1-17(18-7-9-20(25)10-8-18)28-24(30)19-11-13-29(14-12-19)22-15-23(27-16-26-22)31-21-5-3-2-4-6-21/h2-10,15-17,19H,11-14H2,1H3,(H,28,30)/t17-/m0/s1. The fraction of sp³-hybridized carbons (Fsp3) is 0.292. The summed E-state index contributed by atoms with van der Waals surface area (Å²) in [5, 5.41) is 3.05. The van der Waals surface area contributed by atoms with E-state index in [9.17, 15) is 9.18 Å². The van der Waals surface area contributed by atoms with Crippen LogP contribution in [0, 0.1) is 11.7 Å². The van der Waals surface area contributed by atoms with Crippen LogP contribution < -0.4 is 15.0 Å². The summed E-state index contributed by atoms with van der Waals surface area (Å²) in [6.45, 7) is 3.37. The maximum absolute atomic E-state index is 13.1. The summed E-state index contributed by atoms with van der Waals surface area (Å²) in [4.78, 5) is 23.4. The zero-order chi connectivity index (χ0) is 21.6. The minimum atomic E-state index is -0.281. The Hall–Kier alpha value is -3.48. The Morgan fingerprint density at radius 1 is 1.10 bits per heavy atom. The zero-order valence-corrected chi connectivity index (χ0v) is 17.4. The van der Waals surface area contributed by atoms with E-state index in [-0.39, 0.29) is 23.7 Å². The van der Waals surface area contributed by atoms with Crippen LogP contribution in [0.4, 0.5) is 10.2 Å². The Bertz CT molecular complexity index is 1010. The van der Waals surface area contributed by atoms with Gasteiger partial charge < -0.3 is 15.0 Å². The number of hydrogen-bond donors (Lipinski definition) is 1. The van der Waals surface area contributed by atoms with Crippen LogP contribution in [0.15, 0.2) is 67.0 Å². The molecule has 2 heterocycles. The van der Waals surface area contributed by atoms with Crippen molar-refractivity contribution in [3.63, 3.8) is 0 Å². The van der Waals surface area contributed by atoms with Crippen molar-refractivity contribution in [1.82, 2.24) is 15.3 Å². The smallest absolute Gasteiger partial charge is 0.224 e. The highest BCUT2D eigenvalue weighted by Gasteiger charge is 2.27. The second kappa shape index (κ2) is 9.55. The number of halogens is 1. The lowest BCUT2D eigenvalue weighted by Crippen LogP contribution is -2.41. The predicted molar refractivity (Wildman–Crippen MR) is 116 cm³/mol. The Morgan fingerprint density at radius 2 is 1.81 bits per heavy atom. The average Bonchev–Trinajstić information content (AvgIpc) is 2.80. The third kappa shape index (κ3) is 5.36. The second-order valence-electron chi connectivity index (χ2n) is 7.67. The van der Waals surface area contributed by atoms with Crippen molar-refractivity contribution in [2.24, 2.45) is 5.92 Å². The number of benzene rings is 2. The Labute approximate surface area is 181 Å². The summed E-state index contributed by atoms with van der Waals surface area (Å²) in [6.07, 6.45) is 2.97. The molecule has 6 nitrogen and oxygen atoms in total. The first-order valence-corrected chi connectivity index (χ1v) is 10.4. The molecule has 1 amide bonds. The van der Waals surface area contributed by atoms with E-state index in [2.05, 4.69) is 20.2 Å². The molecule has 0 radical (unpaired) electrons. The molecule has 1 fully saturated rings. The number of ether oxygens (including phenoxy) is 1. The van der Waals surface area contributed by atoms with Gasteiger partial charge in [-0.05, 0) is 49.6 Å². The maximum atomic E-state index is 13.1. The third-order valence-electron chi connectivity index (χ3n) is 5.51. The molecule has 31 heavy (non-hydrogen) atoms. The number of nitrogens with zero attached hydrogens (tertiary/aromatic N) is 3. The van der Waals surface area contributed by atoms with Gasteiger partial charge in [0, 0.05) is 25.1 Å². The van der Waals surface area contributed by atoms with Gasteiger partial charge in [0.1, 0.15) is 23.7 Å². The van der Waals surface area contributed by atoms with Gasteiger partial charge in [0.25, 0.3) is 0 Å². The molecule has 1 atom stereocenters. The molecule has 0 bridgehead atoms. The summed E-state index contributed by atoms with van der Waals surface area (Å²) in [7, 11) is 0. The lowest BCUT2D eigenvalue weighted by atomic mass is 9.95. The van der Waals surface area contributed by atoms with Gasteiger partial charge in [-0.15, -0.1) is 0 Å². The van der Waals surface area contributed by atoms with Gasteiger partial charge >= 0.3 is 0 Å². The monoisotopic (exact) mass is 420 g/mol. The Kier molecular flexibility index (Phi) is 6.40. The van der Waals surface area contributed by atoms with Crippen LogP contribution in [-0.2, 0) is 4.79 Å². The molecule has 1 aliphatic rings. The normalized spacial score (nSPS) is 15.4. The average molecular weight is 420 g/mol. The highest BCUT2D eigenvalue weighted by Crippen LogP contribution is 2.26. The molecule has 7 heteroatoms. The van der Waals surface area contributed by atoms with Gasteiger partial charge in [0.05, 0.1) is 6.04 Å². The molecule has 4 rings (SSSR count). The molecule has 1 saturated heterocycles. The lowest BCUT2D eigenvalue weighted by Gasteiger charge is -2.32. The van der Waals surface area contributed by atoms with Gasteiger partial charge in [-0.3, -0.25) is 4.79 Å². The van der Waals surface area contributed by atoms with Crippen LogP contribution in [0.3, 0.4) is 0 Å².